The van der Waals surface area contributed by atoms with Crippen molar-refractivity contribution in [2.75, 3.05) is 0 Å². The van der Waals surface area contributed by atoms with E-state index in [1.165, 1.54) is 0 Å². The molecule has 0 N–H and O–H groups in total. The third-order valence-electron chi connectivity index (χ3n) is 7.16. The molecule has 3 heterocycles. The summed E-state index contributed by atoms with van der Waals surface area (Å²) in [5.41, 5.74) is 2.43. The summed E-state index contributed by atoms with van der Waals surface area (Å²) in [6.45, 7) is 0. The van der Waals surface area contributed by atoms with Crippen molar-refractivity contribution in [1.29, 1.82) is 0 Å². The number of nitrogens with zero attached hydrogens (tertiary/aromatic N) is 3. The molecule has 0 amide bonds. The molecule has 6 nitrogen and oxygen atoms in total. The zero-order valence-electron chi connectivity index (χ0n) is 21.1. The molecule has 2 aliphatic heterocycles. The summed E-state index contributed by atoms with van der Waals surface area (Å²) < 4.78 is 27.8. The van der Waals surface area contributed by atoms with Crippen LogP contribution in [0, 0.1) is 0 Å². The standard InChI is InChI=1S/C33H20N3O3P/c37-40-28-17-9-7-15-24(28)38-26-19-23(20-27(30(26)40)39-25-16-8-10-18-29(25)40)33-35-31(21-11-3-1-4-12-21)34-32(36-33)22-13-5-2-6-14-22/h1-20H. The van der Waals surface area contributed by atoms with Crippen LogP contribution in [0.2, 0.25) is 0 Å². The molecule has 0 spiro atoms. The molecular weight excluding hydrogens is 517 g/mol. The largest absolute Gasteiger partial charge is 0.456 e. The molecule has 0 bridgehead atoms. The second-order valence-electron chi connectivity index (χ2n) is 9.61. The summed E-state index contributed by atoms with van der Waals surface area (Å²) in [5.74, 6) is 3.68. The number of hydrogen-bond acceptors (Lipinski definition) is 6. The first-order valence-corrected chi connectivity index (χ1v) is 14.6. The molecule has 190 valence electrons. The highest BCUT2D eigenvalue weighted by Gasteiger charge is 2.46. The highest BCUT2D eigenvalue weighted by molar-refractivity contribution is 7.86. The Morgan fingerprint density at radius 2 is 0.850 bits per heavy atom. The molecule has 5 aromatic carbocycles. The van der Waals surface area contributed by atoms with Crippen molar-refractivity contribution in [3.63, 3.8) is 0 Å². The number of rotatable bonds is 3. The fourth-order valence-corrected chi connectivity index (χ4v) is 8.37. The monoisotopic (exact) mass is 537 g/mol. The van der Waals surface area contributed by atoms with E-state index in [2.05, 4.69) is 0 Å². The first kappa shape index (κ1) is 22.9. The van der Waals surface area contributed by atoms with Gasteiger partial charge in [0.2, 0.25) is 0 Å². The number of fused-ring (bicyclic) bond motifs is 4. The minimum absolute atomic E-state index is 0.464. The van der Waals surface area contributed by atoms with Crippen molar-refractivity contribution >= 4 is 23.1 Å². The van der Waals surface area contributed by atoms with E-state index < -0.39 is 7.14 Å². The number of para-hydroxylation sites is 2. The third kappa shape index (κ3) is 3.43. The molecular formula is C33H20N3O3P. The van der Waals surface area contributed by atoms with Crippen molar-refractivity contribution in [2.45, 2.75) is 0 Å². The molecule has 1 aromatic heterocycles. The maximum absolute atomic E-state index is 15.1. The zero-order chi connectivity index (χ0) is 26.7. The van der Waals surface area contributed by atoms with Gasteiger partial charge in [0.15, 0.2) is 24.6 Å². The normalized spacial score (nSPS) is 13.7. The summed E-state index contributed by atoms with van der Waals surface area (Å²) in [7, 11) is -3.24. The Morgan fingerprint density at radius 1 is 0.450 bits per heavy atom. The Balaban J connectivity index is 1.37. The summed E-state index contributed by atoms with van der Waals surface area (Å²) in [5, 5.41) is 1.91. The van der Waals surface area contributed by atoms with Gasteiger partial charge in [0.1, 0.15) is 28.3 Å². The van der Waals surface area contributed by atoms with Crippen LogP contribution in [0.15, 0.2) is 121 Å². The average Bonchev–Trinajstić information content (AvgIpc) is 3.02. The van der Waals surface area contributed by atoms with Crippen LogP contribution < -0.4 is 25.4 Å². The maximum atomic E-state index is 15.1. The highest BCUT2D eigenvalue weighted by atomic mass is 31.2. The molecule has 0 unspecified atom stereocenters. The number of aromatic nitrogens is 3. The van der Waals surface area contributed by atoms with E-state index in [1.54, 1.807) is 0 Å². The lowest BCUT2D eigenvalue weighted by Crippen LogP contribution is -2.35. The molecule has 8 rings (SSSR count). The molecule has 0 fully saturated rings. The van der Waals surface area contributed by atoms with Crippen LogP contribution in [0.1, 0.15) is 0 Å². The van der Waals surface area contributed by atoms with E-state index in [0.717, 1.165) is 11.1 Å². The second kappa shape index (κ2) is 8.73. The number of benzene rings is 5. The third-order valence-corrected chi connectivity index (χ3v) is 10.3. The quantitative estimate of drug-likeness (QED) is 0.233. The number of ether oxygens (including phenoxy) is 2. The van der Waals surface area contributed by atoms with E-state index in [4.69, 9.17) is 24.4 Å². The van der Waals surface area contributed by atoms with Crippen molar-refractivity contribution in [3.05, 3.63) is 121 Å². The summed E-state index contributed by atoms with van der Waals surface area (Å²) >= 11 is 0. The van der Waals surface area contributed by atoms with E-state index in [-0.39, 0.29) is 0 Å². The average molecular weight is 538 g/mol. The van der Waals surface area contributed by atoms with E-state index in [0.29, 0.717) is 61.9 Å². The summed E-state index contributed by atoms with van der Waals surface area (Å²) in [6, 6.07) is 38.4. The molecule has 0 saturated carbocycles. The van der Waals surface area contributed by atoms with Crippen LogP contribution in [-0.4, -0.2) is 15.0 Å². The Labute approximate surface area is 230 Å². The SMILES string of the molecule is O=P12c3ccccc3Oc3cc(-c4nc(-c5ccccc5)nc(-c5ccccc5)n4)cc(c31)Oc1ccccc12. The minimum Gasteiger partial charge on any atom is -0.456 e. The summed E-state index contributed by atoms with van der Waals surface area (Å²) in [4.78, 5) is 14.5. The predicted molar refractivity (Wildman–Crippen MR) is 156 cm³/mol. The lowest BCUT2D eigenvalue weighted by atomic mass is 10.1. The van der Waals surface area contributed by atoms with E-state index >= 15 is 4.57 Å². The molecule has 40 heavy (non-hydrogen) atoms. The molecule has 0 saturated heterocycles. The van der Waals surface area contributed by atoms with Crippen LogP contribution in [0.5, 0.6) is 23.0 Å². The molecule has 0 radical (unpaired) electrons. The fraction of sp³-hybridized carbons (Fsp3) is 0. The van der Waals surface area contributed by atoms with Gasteiger partial charge in [0.05, 0.1) is 10.6 Å². The zero-order valence-corrected chi connectivity index (χ0v) is 22.0. The first-order valence-electron chi connectivity index (χ1n) is 12.9. The van der Waals surface area contributed by atoms with E-state index in [1.807, 2.05) is 121 Å². The minimum atomic E-state index is -3.24. The molecule has 7 heteroatoms. The summed E-state index contributed by atoms with van der Waals surface area (Å²) in [6.07, 6.45) is 0. The van der Waals surface area contributed by atoms with Crippen molar-refractivity contribution in [1.82, 2.24) is 15.0 Å². The smallest absolute Gasteiger partial charge is 0.185 e. The molecule has 0 aliphatic carbocycles. The van der Waals surface area contributed by atoms with Gasteiger partial charge in [-0.05, 0) is 36.4 Å². The van der Waals surface area contributed by atoms with Gasteiger partial charge in [-0.2, -0.15) is 0 Å². The van der Waals surface area contributed by atoms with Gasteiger partial charge in [0, 0.05) is 16.7 Å². The highest BCUT2D eigenvalue weighted by Crippen LogP contribution is 2.58. The predicted octanol–water partition coefficient (Wildman–Crippen LogP) is 6.72. The fourth-order valence-electron chi connectivity index (χ4n) is 5.33. The lowest BCUT2D eigenvalue weighted by Gasteiger charge is -2.34. The maximum Gasteiger partial charge on any atom is 0.185 e. The van der Waals surface area contributed by atoms with Crippen molar-refractivity contribution in [2.24, 2.45) is 0 Å². The van der Waals surface area contributed by atoms with Gasteiger partial charge >= 0.3 is 0 Å². The van der Waals surface area contributed by atoms with Crippen LogP contribution in [0.4, 0.5) is 0 Å². The van der Waals surface area contributed by atoms with E-state index in [9.17, 15) is 0 Å². The van der Waals surface area contributed by atoms with Crippen molar-refractivity contribution < 1.29 is 14.0 Å². The van der Waals surface area contributed by atoms with Crippen LogP contribution >= 0.6 is 7.14 Å². The number of hydrogen-bond donors (Lipinski definition) is 0. The van der Waals surface area contributed by atoms with Crippen LogP contribution in [0.3, 0.4) is 0 Å². The Morgan fingerprint density at radius 3 is 1.32 bits per heavy atom. The van der Waals surface area contributed by atoms with Gasteiger partial charge in [0.25, 0.3) is 0 Å². The molecule has 0 atom stereocenters. The van der Waals surface area contributed by atoms with Gasteiger partial charge in [-0.15, -0.1) is 0 Å². The molecule has 6 aromatic rings. The second-order valence-corrected chi connectivity index (χ2v) is 12.2. The molecule has 2 aliphatic rings. The van der Waals surface area contributed by atoms with Gasteiger partial charge in [-0.25, -0.2) is 15.0 Å². The van der Waals surface area contributed by atoms with Crippen molar-refractivity contribution in [3.8, 4) is 57.2 Å². The topological polar surface area (TPSA) is 74.2 Å². The van der Waals surface area contributed by atoms with Crippen LogP contribution in [-0.2, 0) is 4.57 Å². The van der Waals surface area contributed by atoms with Gasteiger partial charge in [-0.1, -0.05) is 84.9 Å². The van der Waals surface area contributed by atoms with Crippen LogP contribution in [0.25, 0.3) is 34.2 Å². The first-order chi connectivity index (χ1) is 19.7. The van der Waals surface area contributed by atoms with Gasteiger partial charge in [-0.3, -0.25) is 0 Å². The lowest BCUT2D eigenvalue weighted by molar-refractivity contribution is 0.462. The Kier molecular flexibility index (Phi) is 5.00. The van der Waals surface area contributed by atoms with Gasteiger partial charge < -0.3 is 14.0 Å². The Bertz CT molecular complexity index is 1860. The Hall–Kier alpha value is -5.06.